The molecule has 140 valence electrons. The van der Waals surface area contributed by atoms with Gasteiger partial charge < -0.3 is 14.7 Å². The summed E-state index contributed by atoms with van der Waals surface area (Å²) in [6, 6.07) is 6.86. The summed E-state index contributed by atoms with van der Waals surface area (Å²) in [5.41, 5.74) is 1.73. The lowest BCUT2D eigenvalue weighted by molar-refractivity contribution is -0.151. The average Bonchev–Trinajstić information content (AvgIpc) is 3.25. The minimum absolute atomic E-state index is 0.0111. The van der Waals surface area contributed by atoms with Crippen LogP contribution in [0.4, 0.5) is 5.13 Å². The molecule has 0 spiro atoms. The first-order valence-corrected chi connectivity index (χ1v) is 10.1. The van der Waals surface area contributed by atoms with Crippen molar-refractivity contribution in [3.63, 3.8) is 0 Å². The number of hydrogen-bond acceptors (Lipinski definition) is 7. The molecular formula is C20H21N3O3S. The monoisotopic (exact) mass is 383 g/mol. The highest BCUT2D eigenvalue weighted by atomic mass is 32.1. The van der Waals surface area contributed by atoms with E-state index in [1.54, 1.807) is 12.1 Å². The third-order valence-corrected chi connectivity index (χ3v) is 6.46. The molecule has 1 saturated carbocycles. The molecular weight excluding hydrogens is 362 g/mol. The van der Waals surface area contributed by atoms with Gasteiger partial charge in [-0.25, -0.2) is 4.98 Å². The molecule has 2 bridgehead atoms. The van der Waals surface area contributed by atoms with Gasteiger partial charge in [0.25, 0.3) is 0 Å². The van der Waals surface area contributed by atoms with Crippen molar-refractivity contribution in [1.82, 2.24) is 4.98 Å². The van der Waals surface area contributed by atoms with Crippen molar-refractivity contribution in [2.45, 2.75) is 19.8 Å². The molecule has 2 aliphatic rings. The lowest BCUT2D eigenvalue weighted by atomic mass is 9.85. The van der Waals surface area contributed by atoms with E-state index in [0.29, 0.717) is 35.3 Å². The summed E-state index contributed by atoms with van der Waals surface area (Å²) in [6.07, 6.45) is 2.10. The molecule has 2 heterocycles. The van der Waals surface area contributed by atoms with Crippen molar-refractivity contribution in [3.8, 4) is 23.1 Å². The molecule has 27 heavy (non-hydrogen) atoms. The van der Waals surface area contributed by atoms with Gasteiger partial charge in [-0.3, -0.25) is 4.79 Å². The minimum atomic E-state index is -0.0530. The molecule has 2 aromatic rings. The van der Waals surface area contributed by atoms with E-state index in [1.807, 2.05) is 12.3 Å². The largest absolute Gasteiger partial charge is 0.507 e. The number of anilines is 1. The number of benzene rings is 1. The molecule has 1 saturated heterocycles. The van der Waals surface area contributed by atoms with Crippen LogP contribution in [-0.4, -0.2) is 35.8 Å². The highest BCUT2D eigenvalue weighted by molar-refractivity contribution is 7.14. The number of carbonyl (C=O) groups excluding carboxylic acids is 1. The van der Waals surface area contributed by atoms with Crippen LogP contribution >= 0.6 is 11.3 Å². The Bertz CT molecular complexity index is 890. The summed E-state index contributed by atoms with van der Waals surface area (Å²) >= 11 is 1.53. The van der Waals surface area contributed by atoms with Gasteiger partial charge in [-0.2, -0.15) is 5.26 Å². The predicted octanol–water partition coefficient (Wildman–Crippen LogP) is 3.41. The Morgan fingerprint density at radius 1 is 1.41 bits per heavy atom. The van der Waals surface area contributed by atoms with Crippen molar-refractivity contribution < 1.29 is 14.6 Å². The molecule has 4 rings (SSSR count). The van der Waals surface area contributed by atoms with Crippen LogP contribution < -0.4 is 4.90 Å². The normalized spacial score (nSPS) is 23.9. The number of hydrogen-bond donors (Lipinski definition) is 1. The van der Waals surface area contributed by atoms with Crippen LogP contribution in [0.2, 0.25) is 0 Å². The molecule has 2 unspecified atom stereocenters. The van der Waals surface area contributed by atoms with E-state index in [-0.39, 0.29) is 17.6 Å². The van der Waals surface area contributed by atoms with Crippen LogP contribution in [0.15, 0.2) is 23.6 Å². The van der Waals surface area contributed by atoms with Gasteiger partial charge in [-0.1, -0.05) is 0 Å². The summed E-state index contributed by atoms with van der Waals surface area (Å²) in [7, 11) is 0. The second-order valence-electron chi connectivity index (χ2n) is 7.14. The highest BCUT2D eigenvalue weighted by Crippen LogP contribution is 2.44. The molecule has 0 amide bonds. The van der Waals surface area contributed by atoms with E-state index >= 15 is 0 Å². The van der Waals surface area contributed by atoms with E-state index in [1.165, 1.54) is 17.4 Å². The van der Waals surface area contributed by atoms with Crippen LogP contribution in [0.3, 0.4) is 0 Å². The minimum Gasteiger partial charge on any atom is -0.507 e. The maximum absolute atomic E-state index is 12.3. The number of thiazole rings is 1. The maximum Gasteiger partial charge on any atom is 0.309 e. The molecule has 1 aromatic heterocycles. The number of aromatic nitrogens is 1. The summed E-state index contributed by atoms with van der Waals surface area (Å²) in [5, 5.41) is 22.0. The molecule has 2 fully saturated rings. The van der Waals surface area contributed by atoms with Crippen molar-refractivity contribution >= 4 is 22.4 Å². The van der Waals surface area contributed by atoms with Gasteiger partial charge >= 0.3 is 5.97 Å². The molecule has 6 nitrogen and oxygen atoms in total. The van der Waals surface area contributed by atoms with Crippen LogP contribution in [-0.2, 0) is 9.53 Å². The first-order chi connectivity index (χ1) is 13.1. The summed E-state index contributed by atoms with van der Waals surface area (Å²) in [6.45, 7) is 3.89. The zero-order chi connectivity index (χ0) is 19.0. The van der Waals surface area contributed by atoms with Gasteiger partial charge in [-0.15, -0.1) is 11.3 Å². The third-order valence-electron chi connectivity index (χ3n) is 5.56. The van der Waals surface area contributed by atoms with E-state index in [2.05, 4.69) is 11.0 Å². The maximum atomic E-state index is 12.3. The third kappa shape index (κ3) is 3.26. The number of nitrogens with zero attached hydrogens (tertiary/aromatic N) is 3. The number of nitriles is 1. The fraction of sp³-hybridized carbons (Fsp3) is 0.450. The summed E-state index contributed by atoms with van der Waals surface area (Å²) in [4.78, 5) is 19.2. The average molecular weight is 383 g/mol. The number of rotatable bonds is 4. The fourth-order valence-corrected chi connectivity index (χ4v) is 5.19. The van der Waals surface area contributed by atoms with Crippen LogP contribution in [0.5, 0.6) is 5.75 Å². The van der Waals surface area contributed by atoms with E-state index in [0.717, 1.165) is 31.1 Å². The Hall–Kier alpha value is -2.59. The number of fused-ring (bicyclic) bond motifs is 2. The molecule has 1 N–H and O–H groups in total. The van der Waals surface area contributed by atoms with Crippen LogP contribution in [0.1, 0.15) is 25.3 Å². The Kier molecular flexibility index (Phi) is 4.75. The Labute approximate surface area is 162 Å². The zero-order valence-electron chi connectivity index (χ0n) is 15.1. The van der Waals surface area contributed by atoms with Gasteiger partial charge in [0.05, 0.1) is 29.9 Å². The van der Waals surface area contributed by atoms with Gasteiger partial charge in [0.1, 0.15) is 5.75 Å². The Morgan fingerprint density at radius 3 is 2.81 bits per heavy atom. The van der Waals surface area contributed by atoms with E-state index in [9.17, 15) is 9.90 Å². The Balaban J connectivity index is 1.54. The summed E-state index contributed by atoms with van der Waals surface area (Å²) in [5.74, 6) is 0.697. The summed E-state index contributed by atoms with van der Waals surface area (Å²) < 4.78 is 5.28. The topological polar surface area (TPSA) is 86.5 Å². The smallest absolute Gasteiger partial charge is 0.309 e. The molecule has 1 aromatic carbocycles. The molecule has 2 atom stereocenters. The quantitative estimate of drug-likeness (QED) is 0.814. The van der Waals surface area contributed by atoms with Crippen molar-refractivity contribution in [2.24, 2.45) is 17.8 Å². The fourth-order valence-electron chi connectivity index (χ4n) is 4.35. The highest BCUT2D eigenvalue weighted by Gasteiger charge is 2.47. The van der Waals surface area contributed by atoms with Gasteiger partial charge in [0, 0.05) is 24.0 Å². The lowest BCUT2D eigenvalue weighted by Crippen LogP contribution is -2.45. The molecule has 7 heteroatoms. The number of piperidine rings is 1. The predicted molar refractivity (Wildman–Crippen MR) is 102 cm³/mol. The van der Waals surface area contributed by atoms with Crippen LogP contribution in [0.25, 0.3) is 11.3 Å². The number of phenols is 1. The van der Waals surface area contributed by atoms with Gasteiger partial charge in [0.2, 0.25) is 0 Å². The SMILES string of the molecule is CCOC(=O)C1C2CCC1CN(c1nc(-c3cc(C#N)ccc3O)cs1)C2. The molecule has 1 aliphatic heterocycles. The zero-order valence-corrected chi connectivity index (χ0v) is 15.9. The number of aromatic hydroxyl groups is 1. The van der Waals surface area contributed by atoms with Gasteiger partial charge in [-0.05, 0) is 49.8 Å². The van der Waals surface area contributed by atoms with Crippen molar-refractivity contribution in [1.29, 1.82) is 5.26 Å². The molecule has 1 aliphatic carbocycles. The van der Waals surface area contributed by atoms with Gasteiger partial charge in [0.15, 0.2) is 5.13 Å². The first-order valence-electron chi connectivity index (χ1n) is 9.21. The number of phenolic OH excluding ortho intramolecular Hbond substituents is 1. The molecule has 0 radical (unpaired) electrons. The van der Waals surface area contributed by atoms with Crippen molar-refractivity contribution in [2.75, 3.05) is 24.6 Å². The number of ether oxygens (including phenoxy) is 1. The Morgan fingerprint density at radius 2 is 2.15 bits per heavy atom. The van der Waals surface area contributed by atoms with E-state index < -0.39 is 0 Å². The van der Waals surface area contributed by atoms with Crippen molar-refractivity contribution in [3.05, 3.63) is 29.1 Å². The second kappa shape index (κ2) is 7.20. The van der Waals surface area contributed by atoms with E-state index in [4.69, 9.17) is 15.0 Å². The van der Waals surface area contributed by atoms with Crippen LogP contribution in [0, 0.1) is 29.1 Å². The standard InChI is InChI=1S/C20H21N3O3S/c1-2-26-19(25)18-13-4-5-14(18)10-23(9-13)20-22-16(11-27-20)15-7-12(8-21)3-6-17(15)24/h3,6-7,11,13-14,18,24H,2,4-5,9-10H2,1H3. The second-order valence-corrected chi connectivity index (χ2v) is 7.98. The first kappa shape index (κ1) is 17.8. The number of carbonyl (C=O) groups is 1. The lowest BCUT2D eigenvalue weighted by Gasteiger charge is -2.36. The number of esters is 1.